The summed E-state index contributed by atoms with van der Waals surface area (Å²) in [6, 6.07) is 7.14. The first-order chi connectivity index (χ1) is 9.54. The third-order valence-corrected chi connectivity index (χ3v) is 3.93. The van der Waals surface area contributed by atoms with Gasteiger partial charge >= 0.3 is 6.61 Å². The largest absolute Gasteiger partial charge is 0.435 e. The molecule has 1 unspecified atom stereocenters. The minimum atomic E-state index is -2.77. The number of ether oxygens (including phenoxy) is 1. The number of nitrogens with zero attached hydrogens (tertiary/aromatic N) is 1. The smallest absolute Gasteiger partial charge is 0.387 e. The van der Waals surface area contributed by atoms with Gasteiger partial charge in [-0.3, -0.25) is 4.90 Å². The van der Waals surface area contributed by atoms with Gasteiger partial charge in [0.25, 0.3) is 0 Å². The standard InChI is InChI=1S/C15H22F2N2O/c1-11(18)13-6-8-19(9-7-13)10-12-2-4-14(5-3-12)20-15(16)17/h2-5,11,13,15H,6-10,18H2,1H3. The second-order valence-corrected chi connectivity index (χ2v) is 5.50. The lowest BCUT2D eigenvalue weighted by atomic mass is 9.91. The molecule has 0 saturated carbocycles. The summed E-state index contributed by atoms with van der Waals surface area (Å²) >= 11 is 0. The number of likely N-dealkylation sites (tertiary alicyclic amines) is 1. The first-order valence-corrected chi connectivity index (χ1v) is 7.06. The summed E-state index contributed by atoms with van der Waals surface area (Å²) in [4.78, 5) is 2.38. The molecule has 5 heteroatoms. The highest BCUT2D eigenvalue weighted by molar-refractivity contribution is 5.27. The zero-order valence-electron chi connectivity index (χ0n) is 11.8. The first kappa shape index (κ1) is 15.2. The molecule has 0 bridgehead atoms. The fourth-order valence-electron chi connectivity index (χ4n) is 2.67. The Morgan fingerprint density at radius 2 is 1.85 bits per heavy atom. The van der Waals surface area contributed by atoms with Crippen molar-refractivity contribution < 1.29 is 13.5 Å². The van der Waals surface area contributed by atoms with Crippen LogP contribution >= 0.6 is 0 Å². The third kappa shape index (κ3) is 4.42. The number of rotatable bonds is 5. The average Bonchev–Trinajstić information content (AvgIpc) is 2.41. The third-order valence-electron chi connectivity index (χ3n) is 3.93. The van der Waals surface area contributed by atoms with Gasteiger partial charge in [-0.05, 0) is 56.5 Å². The van der Waals surface area contributed by atoms with Gasteiger partial charge in [0.15, 0.2) is 0 Å². The van der Waals surface area contributed by atoms with Crippen LogP contribution in [0.1, 0.15) is 25.3 Å². The van der Waals surface area contributed by atoms with E-state index in [9.17, 15) is 8.78 Å². The van der Waals surface area contributed by atoms with E-state index in [2.05, 4.69) is 16.6 Å². The highest BCUT2D eigenvalue weighted by Crippen LogP contribution is 2.22. The van der Waals surface area contributed by atoms with Crippen molar-refractivity contribution in [2.75, 3.05) is 13.1 Å². The van der Waals surface area contributed by atoms with Crippen LogP contribution in [0.5, 0.6) is 5.75 Å². The molecule has 0 spiro atoms. The van der Waals surface area contributed by atoms with E-state index in [1.165, 1.54) is 0 Å². The Labute approximate surface area is 118 Å². The Morgan fingerprint density at radius 1 is 1.25 bits per heavy atom. The van der Waals surface area contributed by atoms with Crippen LogP contribution in [-0.4, -0.2) is 30.6 Å². The van der Waals surface area contributed by atoms with Crippen molar-refractivity contribution in [3.05, 3.63) is 29.8 Å². The molecule has 0 amide bonds. The Bertz CT molecular complexity index is 401. The molecule has 0 aliphatic carbocycles. The van der Waals surface area contributed by atoms with Crippen LogP contribution in [0.4, 0.5) is 8.78 Å². The summed E-state index contributed by atoms with van der Waals surface area (Å²) in [5.41, 5.74) is 7.04. The number of alkyl halides is 2. The molecule has 2 rings (SSSR count). The molecule has 112 valence electrons. The zero-order chi connectivity index (χ0) is 14.5. The molecule has 0 radical (unpaired) electrons. The minimum Gasteiger partial charge on any atom is -0.435 e. The van der Waals surface area contributed by atoms with Crippen molar-refractivity contribution >= 4 is 0 Å². The van der Waals surface area contributed by atoms with Crippen molar-refractivity contribution in [1.29, 1.82) is 0 Å². The number of hydrogen-bond donors (Lipinski definition) is 1. The van der Waals surface area contributed by atoms with E-state index >= 15 is 0 Å². The lowest BCUT2D eigenvalue weighted by molar-refractivity contribution is -0.0498. The molecule has 1 heterocycles. The molecular formula is C15H22F2N2O. The topological polar surface area (TPSA) is 38.5 Å². The summed E-state index contributed by atoms with van der Waals surface area (Å²) in [6.45, 7) is 2.24. The van der Waals surface area contributed by atoms with E-state index < -0.39 is 6.61 Å². The van der Waals surface area contributed by atoms with Crippen molar-refractivity contribution in [1.82, 2.24) is 4.90 Å². The van der Waals surface area contributed by atoms with E-state index in [1.54, 1.807) is 12.1 Å². The number of benzene rings is 1. The molecule has 0 aromatic heterocycles. The Morgan fingerprint density at radius 3 is 2.35 bits per heavy atom. The predicted octanol–water partition coefficient (Wildman–Crippen LogP) is 2.85. The molecule has 20 heavy (non-hydrogen) atoms. The average molecular weight is 284 g/mol. The van der Waals surface area contributed by atoms with Crippen LogP contribution in [-0.2, 0) is 6.54 Å². The Hall–Kier alpha value is -1.20. The number of piperidine rings is 1. The van der Waals surface area contributed by atoms with Gasteiger partial charge in [-0.1, -0.05) is 12.1 Å². The highest BCUT2D eigenvalue weighted by Gasteiger charge is 2.21. The molecular weight excluding hydrogens is 262 g/mol. The molecule has 2 N–H and O–H groups in total. The number of halogens is 2. The molecule has 1 atom stereocenters. The highest BCUT2D eigenvalue weighted by atomic mass is 19.3. The van der Waals surface area contributed by atoms with E-state index in [0.29, 0.717) is 5.92 Å². The van der Waals surface area contributed by atoms with Crippen LogP contribution in [0.15, 0.2) is 24.3 Å². The predicted molar refractivity (Wildman–Crippen MR) is 74.7 cm³/mol. The maximum absolute atomic E-state index is 12.1. The van der Waals surface area contributed by atoms with Gasteiger partial charge < -0.3 is 10.5 Å². The number of hydrogen-bond acceptors (Lipinski definition) is 3. The molecule has 1 aliphatic rings. The van der Waals surface area contributed by atoms with Gasteiger partial charge in [0.2, 0.25) is 0 Å². The lowest BCUT2D eigenvalue weighted by Crippen LogP contribution is -2.39. The van der Waals surface area contributed by atoms with Gasteiger partial charge in [-0.25, -0.2) is 0 Å². The first-order valence-electron chi connectivity index (χ1n) is 7.06. The maximum atomic E-state index is 12.1. The van der Waals surface area contributed by atoms with E-state index in [-0.39, 0.29) is 11.8 Å². The normalized spacial score (nSPS) is 19.2. The van der Waals surface area contributed by atoms with Crippen LogP contribution < -0.4 is 10.5 Å². The van der Waals surface area contributed by atoms with Crippen molar-refractivity contribution in [2.45, 2.75) is 39.0 Å². The van der Waals surface area contributed by atoms with Gasteiger partial charge in [-0.15, -0.1) is 0 Å². The maximum Gasteiger partial charge on any atom is 0.387 e. The summed E-state index contributed by atoms with van der Waals surface area (Å²) < 4.78 is 28.4. The molecule has 3 nitrogen and oxygen atoms in total. The van der Waals surface area contributed by atoms with E-state index in [4.69, 9.17) is 5.73 Å². The van der Waals surface area contributed by atoms with Gasteiger partial charge in [0.05, 0.1) is 0 Å². The van der Waals surface area contributed by atoms with Crippen LogP contribution in [0.2, 0.25) is 0 Å². The summed E-state index contributed by atoms with van der Waals surface area (Å²) in [5, 5.41) is 0. The summed E-state index contributed by atoms with van der Waals surface area (Å²) in [7, 11) is 0. The van der Waals surface area contributed by atoms with E-state index in [1.807, 2.05) is 12.1 Å². The van der Waals surface area contributed by atoms with Crippen LogP contribution in [0.25, 0.3) is 0 Å². The van der Waals surface area contributed by atoms with Crippen LogP contribution in [0.3, 0.4) is 0 Å². The molecule has 1 aromatic carbocycles. The summed E-state index contributed by atoms with van der Waals surface area (Å²) in [5.74, 6) is 0.826. The second-order valence-electron chi connectivity index (χ2n) is 5.50. The van der Waals surface area contributed by atoms with Crippen molar-refractivity contribution in [2.24, 2.45) is 11.7 Å². The Balaban J connectivity index is 1.82. The zero-order valence-corrected chi connectivity index (χ0v) is 11.8. The van der Waals surface area contributed by atoms with E-state index in [0.717, 1.165) is 38.0 Å². The molecule has 1 aromatic rings. The fraction of sp³-hybridized carbons (Fsp3) is 0.600. The lowest BCUT2D eigenvalue weighted by Gasteiger charge is -2.33. The number of nitrogens with two attached hydrogens (primary N) is 1. The SMILES string of the molecule is CC(N)C1CCN(Cc2ccc(OC(F)F)cc2)CC1. The fourth-order valence-corrected chi connectivity index (χ4v) is 2.67. The van der Waals surface area contributed by atoms with Gasteiger partial charge in [-0.2, -0.15) is 8.78 Å². The van der Waals surface area contributed by atoms with Gasteiger partial charge in [0, 0.05) is 12.6 Å². The minimum absolute atomic E-state index is 0.208. The van der Waals surface area contributed by atoms with Crippen LogP contribution in [0, 0.1) is 5.92 Å². The second kappa shape index (κ2) is 6.99. The molecule has 1 fully saturated rings. The quantitative estimate of drug-likeness (QED) is 0.903. The molecule has 1 aliphatic heterocycles. The molecule has 1 saturated heterocycles. The van der Waals surface area contributed by atoms with Crippen molar-refractivity contribution in [3.63, 3.8) is 0 Å². The van der Waals surface area contributed by atoms with Crippen molar-refractivity contribution in [3.8, 4) is 5.75 Å². The van der Waals surface area contributed by atoms with Gasteiger partial charge in [0.1, 0.15) is 5.75 Å². The Kier molecular flexibility index (Phi) is 5.31. The monoisotopic (exact) mass is 284 g/mol. The summed E-state index contributed by atoms with van der Waals surface area (Å²) in [6.07, 6.45) is 2.26.